The first kappa shape index (κ1) is 20.7. The van der Waals surface area contributed by atoms with Gasteiger partial charge >= 0.3 is 0 Å². The Bertz CT molecular complexity index is 781. The summed E-state index contributed by atoms with van der Waals surface area (Å²) in [5, 5.41) is 4.74. The highest BCUT2D eigenvalue weighted by Crippen LogP contribution is 2.32. The van der Waals surface area contributed by atoms with E-state index in [-0.39, 0.29) is 0 Å². The van der Waals surface area contributed by atoms with E-state index in [1.54, 1.807) is 7.11 Å². The number of fused-ring (bicyclic) bond motifs is 1. The van der Waals surface area contributed by atoms with Crippen LogP contribution < -0.4 is 15.8 Å². The molecule has 4 heteroatoms. The van der Waals surface area contributed by atoms with E-state index >= 15 is 0 Å². The molecule has 1 aromatic carbocycles. The number of anilines is 1. The molecule has 4 nitrogen and oxygen atoms in total. The molecule has 1 aliphatic rings. The minimum Gasteiger partial charge on any atom is -0.497 e. The van der Waals surface area contributed by atoms with E-state index in [0.717, 1.165) is 47.6 Å². The molecule has 2 aromatic rings. The van der Waals surface area contributed by atoms with Crippen LogP contribution in [0.5, 0.6) is 5.75 Å². The summed E-state index contributed by atoms with van der Waals surface area (Å²) in [5.74, 6) is 1.71. The molecule has 0 bridgehead atoms. The van der Waals surface area contributed by atoms with Gasteiger partial charge in [-0.1, -0.05) is 44.3 Å². The van der Waals surface area contributed by atoms with E-state index in [9.17, 15) is 0 Å². The number of ether oxygens (including phenoxy) is 1. The van der Waals surface area contributed by atoms with Gasteiger partial charge in [0.05, 0.1) is 18.3 Å². The van der Waals surface area contributed by atoms with E-state index < -0.39 is 0 Å². The minimum absolute atomic E-state index is 0.339. The smallest absolute Gasteiger partial charge is 0.121 e. The molecule has 0 amide bonds. The number of hydrogen-bond donors (Lipinski definition) is 2. The highest BCUT2D eigenvalue weighted by atomic mass is 16.5. The van der Waals surface area contributed by atoms with Crippen molar-refractivity contribution in [2.75, 3.05) is 19.0 Å². The summed E-state index contributed by atoms with van der Waals surface area (Å²) < 4.78 is 5.57. The van der Waals surface area contributed by atoms with Gasteiger partial charge < -0.3 is 15.8 Å². The molecule has 0 radical (unpaired) electrons. The normalized spacial score (nSPS) is 16.5. The van der Waals surface area contributed by atoms with E-state index in [0.29, 0.717) is 6.04 Å². The van der Waals surface area contributed by atoms with Crippen molar-refractivity contribution in [1.82, 2.24) is 4.98 Å². The number of nitrogens with two attached hydrogens (primary N) is 1. The lowest BCUT2D eigenvalue weighted by atomic mass is 9.87. The molecule has 3 rings (SSSR count). The van der Waals surface area contributed by atoms with Crippen LogP contribution in [0.2, 0.25) is 0 Å². The van der Waals surface area contributed by atoms with Gasteiger partial charge in [0, 0.05) is 23.7 Å². The van der Waals surface area contributed by atoms with Gasteiger partial charge in [0.25, 0.3) is 0 Å². The van der Waals surface area contributed by atoms with Crippen molar-refractivity contribution in [3.63, 3.8) is 0 Å². The van der Waals surface area contributed by atoms with Crippen molar-refractivity contribution in [1.29, 1.82) is 0 Å². The Morgan fingerprint density at radius 2 is 2.11 bits per heavy atom. The van der Waals surface area contributed by atoms with E-state index in [4.69, 9.17) is 10.5 Å². The van der Waals surface area contributed by atoms with Gasteiger partial charge in [0.15, 0.2) is 0 Å². The zero-order valence-corrected chi connectivity index (χ0v) is 17.4. The van der Waals surface area contributed by atoms with Crippen LogP contribution in [0.1, 0.15) is 63.9 Å². The Morgan fingerprint density at radius 1 is 1.29 bits per heavy atom. The summed E-state index contributed by atoms with van der Waals surface area (Å²) >= 11 is 0. The highest BCUT2D eigenvalue weighted by molar-refractivity contribution is 5.97. The average Bonchev–Trinajstić information content (AvgIpc) is 2.73. The van der Waals surface area contributed by atoms with Gasteiger partial charge in [0.2, 0.25) is 0 Å². The van der Waals surface area contributed by atoms with Crippen LogP contribution in [-0.2, 0) is 0 Å². The Labute approximate surface area is 169 Å². The first-order chi connectivity index (χ1) is 13.7. The zero-order chi connectivity index (χ0) is 19.8. The Balaban J connectivity index is 1.84. The lowest BCUT2D eigenvalue weighted by Gasteiger charge is -2.19. The molecule has 3 N–H and O–H groups in total. The first-order valence-electron chi connectivity index (χ1n) is 10.8. The third-order valence-corrected chi connectivity index (χ3v) is 5.82. The molecular formula is C24H35N3O. The summed E-state index contributed by atoms with van der Waals surface area (Å²) in [6.07, 6.45) is 16.7. The maximum absolute atomic E-state index is 5.66. The van der Waals surface area contributed by atoms with Gasteiger partial charge in [-0.3, -0.25) is 4.98 Å². The molecule has 1 aliphatic carbocycles. The molecule has 0 saturated heterocycles. The monoisotopic (exact) mass is 381 g/mol. The number of allylic oxidation sites excluding steroid dienone is 1. The molecule has 152 valence electrons. The molecule has 1 atom stereocenters. The third-order valence-electron chi connectivity index (χ3n) is 5.82. The molecular weight excluding hydrogens is 346 g/mol. The van der Waals surface area contributed by atoms with Gasteiger partial charge in [-0.15, -0.1) is 0 Å². The molecule has 1 aromatic heterocycles. The van der Waals surface area contributed by atoms with Crippen molar-refractivity contribution < 1.29 is 4.74 Å². The summed E-state index contributed by atoms with van der Waals surface area (Å²) in [5.41, 5.74) is 8.89. The van der Waals surface area contributed by atoms with Crippen molar-refractivity contribution in [2.24, 2.45) is 11.7 Å². The van der Waals surface area contributed by atoms with Gasteiger partial charge in [-0.05, 0) is 56.3 Å². The number of aromatic nitrogens is 1. The number of rotatable bonds is 9. The third kappa shape index (κ3) is 5.48. The molecule has 0 spiro atoms. The van der Waals surface area contributed by atoms with Crippen molar-refractivity contribution in [3.8, 4) is 5.75 Å². The predicted octanol–water partition coefficient (Wildman–Crippen LogP) is 5.77. The molecule has 1 unspecified atom stereocenters. The average molecular weight is 382 g/mol. The second-order valence-electron chi connectivity index (χ2n) is 8.09. The van der Waals surface area contributed by atoms with Crippen LogP contribution in [0.3, 0.4) is 0 Å². The standard InChI is InChI=1S/C24H35N3O/c1-18(8-7-14-25)27-23-17-21(28-2)16-22-20(13-15-26-24(22)23)12-6-11-19-9-4-3-5-10-19/h6,12-13,15-19,27H,3-5,7-11,14,25H2,1-2H3/b12-6+. The number of hydrogen-bond acceptors (Lipinski definition) is 4. The molecule has 1 saturated carbocycles. The summed E-state index contributed by atoms with van der Waals surface area (Å²) in [4.78, 5) is 4.67. The highest BCUT2D eigenvalue weighted by Gasteiger charge is 2.13. The second kappa shape index (κ2) is 10.5. The molecule has 28 heavy (non-hydrogen) atoms. The van der Waals surface area contributed by atoms with Gasteiger partial charge in [-0.25, -0.2) is 0 Å². The zero-order valence-electron chi connectivity index (χ0n) is 17.4. The minimum atomic E-state index is 0.339. The Kier molecular flexibility index (Phi) is 7.72. The van der Waals surface area contributed by atoms with Crippen LogP contribution in [0.25, 0.3) is 17.0 Å². The quantitative estimate of drug-likeness (QED) is 0.579. The number of nitrogens with zero attached hydrogens (tertiary/aromatic N) is 1. The van der Waals surface area contributed by atoms with E-state index in [2.05, 4.69) is 41.5 Å². The van der Waals surface area contributed by atoms with Crippen LogP contribution in [0.15, 0.2) is 30.5 Å². The first-order valence-corrected chi connectivity index (χ1v) is 10.8. The Morgan fingerprint density at radius 3 is 2.86 bits per heavy atom. The molecule has 1 fully saturated rings. The lowest BCUT2D eigenvalue weighted by Crippen LogP contribution is -2.17. The lowest BCUT2D eigenvalue weighted by molar-refractivity contribution is 0.362. The second-order valence-corrected chi connectivity index (χ2v) is 8.09. The molecule has 1 heterocycles. The van der Waals surface area contributed by atoms with Crippen molar-refractivity contribution in [3.05, 3.63) is 36.0 Å². The van der Waals surface area contributed by atoms with Crippen molar-refractivity contribution >= 4 is 22.7 Å². The summed E-state index contributed by atoms with van der Waals surface area (Å²) in [6.45, 7) is 2.91. The van der Waals surface area contributed by atoms with E-state index in [1.165, 1.54) is 44.1 Å². The van der Waals surface area contributed by atoms with Crippen LogP contribution >= 0.6 is 0 Å². The number of pyridine rings is 1. The maximum Gasteiger partial charge on any atom is 0.121 e. The topological polar surface area (TPSA) is 60.2 Å². The van der Waals surface area contributed by atoms with Gasteiger partial charge in [-0.2, -0.15) is 0 Å². The SMILES string of the molecule is COc1cc(NC(C)CCCN)c2nccc(/C=C/CC3CCCCC3)c2c1. The fourth-order valence-electron chi connectivity index (χ4n) is 4.19. The van der Waals surface area contributed by atoms with Crippen LogP contribution in [0.4, 0.5) is 5.69 Å². The summed E-state index contributed by atoms with van der Waals surface area (Å²) in [6, 6.07) is 6.58. The predicted molar refractivity (Wildman–Crippen MR) is 120 cm³/mol. The number of benzene rings is 1. The van der Waals surface area contributed by atoms with Crippen LogP contribution in [0, 0.1) is 5.92 Å². The van der Waals surface area contributed by atoms with Crippen molar-refractivity contribution in [2.45, 2.75) is 64.3 Å². The van der Waals surface area contributed by atoms with Crippen LogP contribution in [-0.4, -0.2) is 24.7 Å². The largest absolute Gasteiger partial charge is 0.497 e. The fourth-order valence-corrected chi connectivity index (χ4v) is 4.19. The number of methoxy groups -OCH3 is 1. The number of nitrogens with one attached hydrogen (secondary N) is 1. The van der Waals surface area contributed by atoms with E-state index in [1.807, 2.05) is 12.3 Å². The summed E-state index contributed by atoms with van der Waals surface area (Å²) in [7, 11) is 1.72. The molecule has 0 aliphatic heterocycles. The Hall–Kier alpha value is -2.07. The maximum atomic E-state index is 5.66. The van der Waals surface area contributed by atoms with Gasteiger partial charge in [0.1, 0.15) is 5.75 Å². The fraction of sp³-hybridized carbons (Fsp3) is 0.542.